The number of ether oxygens (including phenoxy) is 3. The van der Waals surface area contributed by atoms with Crippen molar-refractivity contribution in [3.05, 3.63) is 47.0 Å². The molecule has 1 aliphatic rings. The van der Waals surface area contributed by atoms with Crippen LogP contribution in [0.3, 0.4) is 0 Å². The van der Waals surface area contributed by atoms with E-state index in [4.69, 9.17) is 19.9 Å². The number of nitrogens with zero attached hydrogens (tertiary/aromatic N) is 1. The van der Waals surface area contributed by atoms with Gasteiger partial charge in [-0.25, -0.2) is 0 Å². The Hall–Kier alpha value is -3.15. The van der Waals surface area contributed by atoms with E-state index in [0.717, 1.165) is 23.2 Å². The molecule has 0 unspecified atom stereocenters. The zero-order valence-electron chi connectivity index (χ0n) is 17.5. The Balaban J connectivity index is 2.00. The highest BCUT2D eigenvalue weighted by Crippen LogP contribution is 2.41. The molecule has 0 saturated heterocycles. The van der Waals surface area contributed by atoms with Crippen LogP contribution in [0.15, 0.2) is 35.9 Å². The molecule has 154 valence electrons. The van der Waals surface area contributed by atoms with Crippen molar-refractivity contribution < 1.29 is 19.0 Å². The van der Waals surface area contributed by atoms with E-state index in [1.165, 1.54) is 0 Å². The van der Waals surface area contributed by atoms with E-state index in [0.29, 0.717) is 48.1 Å². The van der Waals surface area contributed by atoms with Crippen molar-refractivity contribution in [3.8, 4) is 17.2 Å². The maximum Gasteiger partial charge on any atom is 0.203 e. The molecule has 0 aromatic heterocycles. The Morgan fingerprint density at radius 2 is 1.97 bits per heavy atom. The average molecular weight is 396 g/mol. The van der Waals surface area contributed by atoms with Gasteiger partial charge in [-0.3, -0.25) is 4.79 Å². The molecule has 2 aromatic rings. The third kappa shape index (κ3) is 4.47. The Morgan fingerprint density at radius 3 is 2.66 bits per heavy atom. The number of hydrogen-bond acceptors (Lipinski definition) is 6. The van der Waals surface area contributed by atoms with Gasteiger partial charge in [0.15, 0.2) is 17.3 Å². The van der Waals surface area contributed by atoms with Crippen molar-refractivity contribution in [1.29, 1.82) is 0 Å². The van der Waals surface area contributed by atoms with E-state index in [2.05, 4.69) is 6.92 Å². The molecule has 1 aliphatic heterocycles. The molecule has 0 amide bonds. The minimum absolute atomic E-state index is 0.0104. The summed E-state index contributed by atoms with van der Waals surface area (Å²) in [6.07, 6.45) is 3.42. The van der Waals surface area contributed by atoms with Gasteiger partial charge < -0.3 is 24.8 Å². The number of carbonyl (C=O) groups is 1. The van der Waals surface area contributed by atoms with Crippen LogP contribution in [0, 0.1) is 0 Å². The van der Waals surface area contributed by atoms with Crippen LogP contribution in [0.5, 0.6) is 17.2 Å². The molecule has 0 saturated carbocycles. The third-order valence-electron chi connectivity index (χ3n) is 4.78. The lowest BCUT2D eigenvalue weighted by atomic mass is 9.96. The number of Topliss-reactive ketones (excluding diaryl/α,β-unsaturated/α-hetero) is 1. The van der Waals surface area contributed by atoms with Crippen LogP contribution in [0.1, 0.15) is 35.7 Å². The fourth-order valence-corrected chi connectivity index (χ4v) is 3.36. The molecule has 2 aromatic carbocycles. The van der Waals surface area contributed by atoms with Gasteiger partial charge in [-0.15, -0.1) is 0 Å². The number of rotatable bonds is 7. The smallest absolute Gasteiger partial charge is 0.203 e. The van der Waals surface area contributed by atoms with Crippen LogP contribution in [-0.4, -0.2) is 40.2 Å². The first kappa shape index (κ1) is 20.6. The molecule has 0 bridgehead atoms. The van der Waals surface area contributed by atoms with Gasteiger partial charge in [-0.2, -0.15) is 0 Å². The van der Waals surface area contributed by atoms with E-state index in [1.54, 1.807) is 19.2 Å². The molecule has 0 atom stereocenters. The van der Waals surface area contributed by atoms with Crippen molar-refractivity contribution in [3.63, 3.8) is 0 Å². The summed E-state index contributed by atoms with van der Waals surface area (Å²) in [5.74, 6) is 1.82. The van der Waals surface area contributed by atoms with Gasteiger partial charge >= 0.3 is 0 Å². The maximum absolute atomic E-state index is 13.3. The Kier molecular flexibility index (Phi) is 6.32. The lowest BCUT2D eigenvalue weighted by Crippen LogP contribution is -2.16. The Bertz CT molecular complexity index is 917. The second kappa shape index (κ2) is 8.90. The summed E-state index contributed by atoms with van der Waals surface area (Å²) >= 11 is 0. The summed E-state index contributed by atoms with van der Waals surface area (Å²) in [5, 5.41) is 0. The normalized spacial score (nSPS) is 13.2. The number of nitrogen functional groups attached to an aromatic ring is 1. The average Bonchev–Trinajstić information content (AvgIpc) is 2.72. The number of nitrogens with two attached hydrogens (primary N) is 1. The molecular formula is C23H28N2O4. The zero-order chi connectivity index (χ0) is 21.0. The molecule has 0 radical (unpaired) electrons. The van der Waals surface area contributed by atoms with Crippen molar-refractivity contribution in [1.82, 2.24) is 0 Å². The van der Waals surface area contributed by atoms with Gasteiger partial charge in [-0.05, 0) is 48.4 Å². The lowest BCUT2D eigenvalue weighted by Gasteiger charge is -2.21. The van der Waals surface area contributed by atoms with Gasteiger partial charge in [0.25, 0.3) is 0 Å². The van der Waals surface area contributed by atoms with Crippen molar-refractivity contribution in [2.45, 2.75) is 19.8 Å². The number of benzene rings is 2. The van der Waals surface area contributed by atoms with Gasteiger partial charge in [0.1, 0.15) is 13.2 Å². The summed E-state index contributed by atoms with van der Waals surface area (Å²) in [4.78, 5) is 15.2. The number of allylic oxidation sites excluding steroid dienone is 1. The summed E-state index contributed by atoms with van der Waals surface area (Å²) < 4.78 is 16.8. The van der Waals surface area contributed by atoms with E-state index in [9.17, 15) is 4.79 Å². The van der Waals surface area contributed by atoms with Gasteiger partial charge in [0.2, 0.25) is 5.75 Å². The van der Waals surface area contributed by atoms with Gasteiger partial charge in [-0.1, -0.05) is 13.3 Å². The first-order chi connectivity index (χ1) is 13.9. The molecule has 0 fully saturated rings. The molecule has 6 nitrogen and oxygen atoms in total. The monoisotopic (exact) mass is 396 g/mol. The fourth-order valence-electron chi connectivity index (χ4n) is 3.36. The number of anilines is 2. The number of ketones is 1. The van der Waals surface area contributed by atoms with Crippen LogP contribution in [0.4, 0.5) is 11.4 Å². The van der Waals surface area contributed by atoms with Crippen molar-refractivity contribution >= 4 is 23.2 Å². The van der Waals surface area contributed by atoms with Crippen LogP contribution >= 0.6 is 0 Å². The minimum atomic E-state index is -0.0104. The summed E-state index contributed by atoms with van der Waals surface area (Å²) in [7, 11) is 5.41. The molecule has 1 heterocycles. The predicted octanol–water partition coefficient (Wildman–Crippen LogP) is 4.18. The fraction of sp³-hybridized carbons (Fsp3) is 0.348. The van der Waals surface area contributed by atoms with Crippen molar-refractivity contribution in [2.24, 2.45) is 0 Å². The standard InChI is InChI=1S/C23H28N2O4/c1-5-6-16(22(26)17-7-8-18(24)19(14-17)25(2)3)11-15-12-20(27-4)23-21(13-15)28-9-10-29-23/h7-8,11-14H,5-6,9-10,24H2,1-4H3/b16-11+. The second-order valence-electron chi connectivity index (χ2n) is 7.16. The maximum atomic E-state index is 13.3. The molecule has 0 aliphatic carbocycles. The van der Waals surface area contributed by atoms with Gasteiger partial charge in [0.05, 0.1) is 18.5 Å². The largest absolute Gasteiger partial charge is 0.493 e. The van der Waals surface area contributed by atoms with Crippen LogP contribution in [0.2, 0.25) is 0 Å². The molecule has 6 heteroatoms. The van der Waals surface area contributed by atoms with E-state index < -0.39 is 0 Å². The molecule has 0 spiro atoms. The summed E-state index contributed by atoms with van der Waals surface area (Å²) in [5.41, 5.74) is 9.69. The number of fused-ring (bicyclic) bond motifs is 1. The van der Waals surface area contributed by atoms with Crippen LogP contribution in [-0.2, 0) is 0 Å². The van der Waals surface area contributed by atoms with E-state index >= 15 is 0 Å². The van der Waals surface area contributed by atoms with Crippen LogP contribution in [0.25, 0.3) is 6.08 Å². The highest BCUT2D eigenvalue weighted by Gasteiger charge is 2.19. The Labute approximate surface area is 171 Å². The summed E-state index contributed by atoms with van der Waals surface area (Å²) in [6, 6.07) is 9.14. The second-order valence-corrected chi connectivity index (χ2v) is 7.16. The molecule has 2 N–H and O–H groups in total. The number of hydrogen-bond donors (Lipinski definition) is 1. The predicted molar refractivity (Wildman–Crippen MR) is 116 cm³/mol. The van der Waals surface area contributed by atoms with E-state index in [1.807, 2.05) is 43.3 Å². The highest BCUT2D eigenvalue weighted by atomic mass is 16.6. The third-order valence-corrected chi connectivity index (χ3v) is 4.78. The molecule has 3 rings (SSSR count). The summed E-state index contributed by atoms with van der Waals surface area (Å²) in [6.45, 7) is 3.03. The molecular weight excluding hydrogens is 368 g/mol. The zero-order valence-corrected chi connectivity index (χ0v) is 17.5. The minimum Gasteiger partial charge on any atom is -0.493 e. The van der Waals surface area contributed by atoms with Crippen molar-refractivity contribution in [2.75, 3.05) is 45.1 Å². The Morgan fingerprint density at radius 1 is 1.21 bits per heavy atom. The van der Waals surface area contributed by atoms with Gasteiger partial charge in [0, 0.05) is 25.2 Å². The highest BCUT2D eigenvalue weighted by molar-refractivity contribution is 6.12. The SMILES string of the molecule is CCC/C(=C\c1cc(OC)c2c(c1)OCCO2)C(=O)c1ccc(N)c(N(C)C)c1. The first-order valence-corrected chi connectivity index (χ1v) is 9.74. The molecule has 29 heavy (non-hydrogen) atoms. The quantitative estimate of drug-likeness (QED) is 0.430. The van der Waals surface area contributed by atoms with E-state index in [-0.39, 0.29) is 5.78 Å². The number of methoxy groups -OCH3 is 1. The first-order valence-electron chi connectivity index (χ1n) is 9.74. The topological polar surface area (TPSA) is 74.0 Å². The number of carbonyl (C=O) groups excluding carboxylic acids is 1. The lowest BCUT2D eigenvalue weighted by molar-refractivity contribution is 0.103. The van der Waals surface area contributed by atoms with Crippen LogP contribution < -0.4 is 24.8 Å².